The van der Waals surface area contributed by atoms with Gasteiger partial charge in [-0.15, -0.1) is 0 Å². The van der Waals surface area contributed by atoms with Gasteiger partial charge in [0.2, 0.25) is 5.78 Å². The summed E-state index contributed by atoms with van der Waals surface area (Å²) in [6.07, 6.45) is 0.683. The fourth-order valence-corrected chi connectivity index (χ4v) is 2.81. The van der Waals surface area contributed by atoms with Crippen molar-refractivity contribution >= 4 is 23.7 Å². The van der Waals surface area contributed by atoms with Crippen molar-refractivity contribution in [3.63, 3.8) is 0 Å². The molecule has 1 aliphatic carbocycles. The lowest BCUT2D eigenvalue weighted by molar-refractivity contribution is -0.164. The van der Waals surface area contributed by atoms with Gasteiger partial charge in [0.15, 0.2) is 6.10 Å². The lowest BCUT2D eigenvalue weighted by Crippen LogP contribution is -2.49. The van der Waals surface area contributed by atoms with Crippen molar-refractivity contribution in [1.82, 2.24) is 0 Å². The fraction of sp³-hybridized carbons (Fsp3) is 0.579. The first-order valence-corrected chi connectivity index (χ1v) is 8.62. The fourth-order valence-electron chi connectivity index (χ4n) is 2.81. The summed E-state index contributed by atoms with van der Waals surface area (Å²) in [5.74, 6) is -3.16. The number of carbonyl (C=O) groups excluding carboxylic acids is 4. The van der Waals surface area contributed by atoms with E-state index >= 15 is 0 Å². The first kappa shape index (κ1) is 22.6. The van der Waals surface area contributed by atoms with Crippen LogP contribution in [0.1, 0.15) is 34.6 Å². The summed E-state index contributed by atoms with van der Waals surface area (Å²) in [6, 6.07) is 0. The second-order valence-corrected chi connectivity index (χ2v) is 6.63. The molecular weight excluding hydrogens is 356 g/mol. The third kappa shape index (κ3) is 6.32. The molecule has 0 unspecified atom stereocenters. The van der Waals surface area contributed by atoms with E-state index in [2.05, 4.69) is 0 Å². The standard InChI is InChI=1S/C19H26O8/c1-10(2)16-15(26-13(5)22)8-14(9-25-12(4)21)17(23)18(16)27-19(24)11(3)6-7-20/h6,8,10,15-16,18,20H,7,9H2,1-5H3/t15-,16-,18+/m1/s1. The molecule has 8 heteroatoms. The maximum atomic E-state index is 12.9. The van der Waals surface area contributed by atoms with E-state index in [1.54, 1.807) is 0 Å². The summed E-state index contributed by atoms with van der Waals surface area (Å²) in [4.78, 5) is 47.7. The molecule has 0 saturated carbocycles. The Morgan fingerprint density at radius 3 is 2.26 bits per heavy atom. The van der Waals surface area contributed by atoms with Crippen LogP contribution < -0.4 is 0 Å². The predicted octanol–water partition coefficient (Wildman–Crippen LogP) is 1.11. The van der Waals surface area contributed by atoms with E-state index in [4.69, 9.17) is 19.3 Å². The number of aliphatic hydroxyl groups is 1. The van der Waals surface area contributed by atoms with Crippen molar-refractivity contribution in [2.45, 2.75) is 46.8 Å². The van der Waals surface area contributed by atoms with Gasteiger partial charge in [-0.25, -0.2) is 4.79 Å². The third-order valence-corrected chi connectivity index (χ3v) is 4.13. The summed E-state index contributed by atoms with van der Waals surface area (Å²) >= 11 is 0. The van der Waals surface area contributed by atoms with Crippen LogP contribution in [0.3, 0.4) is 0 Å². The highest BCUT2D eigenvalue weighted by Gasteiger charge is 2.45. The van der Waals surface area contributed by atoms with Crippen molar-refractivity contribution in [2.75, 3.05) is 13.2 Å². The zero-order valence-corrected chi connectivity index (χ0v) is 16.2. The lowest BCUT2D eigenvalue weighted by atomic mass is 9.77. The molecule has 0 fully saturated rings. The Bertz CT molecular complexity index is 659. The molecule has 1 rings (SSSR count). The molecule has 8 nitrogen and oxygen atoms in total. The van der Waals surface area contributed by atoms with Crippen molar-refractivity contribution in [1.29, 1.82) is 0 Å². The van der Waals surface area contributed by atoms with Gasteiger partial charge in [-0.1, -0.05) is 13.8 Å². The minimum absolute atomic E-state index is 0.0925. The second-order valence-electron chi connectivity index (χ2n) is 6.63. The van der Waals surface area contributed by atoms with Crippen LogP contribution in [0.5, 0.6) is 0 Å². The van der Waals surface area contributed by atoms with E-state index in [-0.39, 0.29) is 30.3 Å². The molecule has 0 bridgehead atoms. The summed E-state index contributed by atoms with van der Waals surface area (Å²) in [6.45, 7) is 6.87. The van der Waals surface area contributed by atoms with E-state index in [1.165, 1.54) is 32.9 Å². The van der Waals surface area contributed by atoms with E-state index < -0.39 is 41.8 Å². The van der Waals surface area contributed by atoms with Gasteiger partial charge in [0.25, 0.3) is 0 Å². The summed E-state index contributed by atoms with van der Waals surface area (Å²) in [5, 5.41) is 8.92. The van der Waals surface area contributed by atoms with Crippen LogP contribution in [0, 0.1) is 11.8 Å². The number of esters is 3. The molecule has 0 radical (unpaired) electrons. The van der Waals surface area contributed by atoms with E-state index in [9.17, 15) is 19.2 Å². The van der Waals surface area contributed by atoms with Gasteiger partial charge in [-0.05, 0) is 25.0 Å². The van der Waals surface area contributed by atoms with Crippen LogP contribution in [-0.2, 0) is 33.4 Å². The van der Waals surface area contributed by atoms with Crippen LogP contribution in [0.25, 0.3) is 0 Å². The first-order valence-electron chi connectivity index (χ1n) is 8.62. The molecule has 0 aromatic carbocycles. The maximum absolute atomic E-state index is 12.9. The molecule has 0 heterocycles. The molecule has 0 aromatic rings. The smallest absolute Gasteiger partial charge is 0.334 e. The molecule has 1 aliphatic rings. The topological polar surface area (TPSA) is 116 Å². The molecule has 150 valence electrons. The number of carbonyl (C=O) groups is 4. The Morgan fingerprint density at radius 1 is 1.15 bits per heavy atom. The lowest BCUT2D eigenvalue weighted by Gasteiger charge is -2.37. The average Bonchev–Trinajstić information content (AvgIpc) is 2.55. The number of ketones is 1. The third-order valence-electron chi connectivity index (χ3n) is 4.13. The number of Topliss-reactive ketones (excluding diaryl/α,β-unsaturated/α-hetero) is 1. The zero-order chi connectivity index (χ0) is 20.7. The number of rotatable bonds is 7. The largest absolute Gasteiger partial charge is 0.461 e. The van der Waals surface area contributed by atoms with Crippen LogP contribution >= 0.6 is 0 Å². The van der Waals surface area contributed by atoms with E-state index in [0.29, 0.717) is 0 Å². The number of aliphatic hydroxyl groups excluding tert-OH is 1. The molecule has 0 aliphatic heterocycles. The SMILES string of the molecule is CC(=O)OCC1=C[C@@H](OC(C)=O)[C@@H](C(C)C)[C@H](OC(=O)C(C)=CCO)C1=O. The highest BCUT2D eigenvalue weighted by Crippen LogP contribution is 2.33. The van der Waals surface area contributed by atoms with Crippen LogP contribution in [0.4, 0.5) is 0 Å². The van der Waals surface area contributed by atoms with Gasteiger partial charge >= 0.3 is 17.9 Å². The average molecular weight is 382 g/mol. The van der Waals surface area contributed by atoms with Gasteiger partial charge in [-0.3, -0.25) is 14.4 Å². The van der Waals surface area contributed by atoms with E-state index in [0.717, 1.165) is 0 Å². The highest BCUT2D eigenvalue weighted by atomic mass is 16.6. The van der Waals surface area contributed by atoms with Gasteiger partial charge < -0.3 is 19.3 Å². The quantitative estimate of drug-likeness (QED) is 0.395. The molecular formula is C19H26O8. The van der Waals surface area contributed by atoms with E-state index in [1.807, 2.05) is 13.8 Å². The molecule has 0 spiro atoms. The van der Waals surface area contributed by atoms with Gasteiger partial charge in [0.05, 0.1) is 6.61 Å². The molecule has 3 atom stereocenters. The predicted molar refractivity (Wildman–Crippen MR) is 94.3 cm³/mol. The van der Waals surface area contributed by atoms with Crippen LogP contribution in [0.2, 0.25) is 0 Å². The number of hydrogen-bond acceptors (Lipinski definition) is 8. The van der Waals surface area contributed by atoms with Crippen molar-refractivity contribution in [2.24, 2.45) is 11.8 Å². The van der Waals surface area contributed by atoms with Crippen LogP contribution in [-0.4, -0.2) is 54.2 Å². The number of ether oxygens (including phenoxy) is 3. The molecule has 0 aromatic heterocycles. The minimum Gasteiger partial charge on any atom is -0.461 e. The Morgan fingerprint density at radius 2 is 1.78 bits per heavy atom. The monoisotopic (exact) mass is 382 g/mol. The summed E-state index contributed by atoms with van der Waals surface area (Å²) in [5.41, 5.74) is 0.239. The normalized spacial score (nSPS) is 22.9. The Kier molecular flexibility index (Phi) is 8.36. The Hall–Kier alpha value is -2.48. The van der Waals surface area contributed by atoms with Crippen molar-refractivity contribution in [3.8, 4) is 0 Å². The Labute approximate surface area is 158 Å². The number of hydrogen-bond donors (Lipinski definition) is 1. The van der Waals surface area contributed by atoms with Crippen molar-refractivity contribution < 1.29 is 38.5 Å². The minimum atomic E-state index is -1.21. The summed E-state index contributed by atoms with van der Waals surface area (Å²) in [7, 11) is 0. The first-order chi connectivity index (χ1) is 12.6. The van der Waals surface area contributed by atoms with Crippen LogP contribution in [0.15, 0.2) is 23.3 Å². The van der Waals surface area contributed by atoms with Gasteiger partial charge in [-0.2, -0.15) is 0 Å². The zero-order valence-electron chi connectivity index (χ0n) is 16.2. The highest BCUT2D eigenvalue weighted by molar-refractivity contribution is 6.02. The molecule has 27 heavy (non-hydrogen) atoms. The maximum Gasteiger partial charge on any atom is 0.334 e. The van der Waals surface area contributed by atoms with Gasteiger partial charge in [0, 0.05) is 30.9 Å². The van der Waals surface area contributed by atoms with Crippen molar-refractivity contribution in [3.05, 3.63) is 23.3 Å². The molecule has 0 amide bonds. The van der Waals surface area contributed by atoms with Gasteiger partial charge in [0.1, 0.15) is 12.7 Å². The Balaban J connectivity index is 3.25. The second kappa shape index (κ2) is 10.0. The molecule has 1 N–H and O–H groups in total. The summed E-state index contributed by atoms with van der Waals surface area (Å²) < 4.78 is 15.6. The molecule has 0 saturated heterocycles.